The predicted molar refractivity (Wildman–Crippen MR) is 65.3 cm³/mol. The number of halogens is 1. The quantitative estimate of drug-likeness (QED) is 0.785. The van der Waals surface area contributed by atoms with Crippen LogP contribution < -0.4 is 10.2 Å². The average Bonchev–Trinajstić information content (AvgIpc) is 2.40. The summed E-state index contributed by atoms with van der Waals surface area (Å²) in [5.74, 6) is -0.170. The summed E-state index contributed by atoms with van der Waals surface area (Å²) in [6.45, 7) is 7.44. The van der Waals surface area contributed by atoms with Gasteiger partial charge in [-0.1, -0.05) is 0 Å². The maximum Gasteiger partial charge on any atom is 0.123 e. The van der Waals surface area contributed by atoms with Crippen LogP contribution >= 0.6 is 0 Å². The lowest BCUT2D eigenvalue weighted by atomic mass is 10.1. The molecule has 1 saturated heterocycles. The molecule has 0 spiro atoms. The van der Waals surface area contributed by atoms with E-state index < -0.39 is 0 Å². The molecule has 0 atom stereocenters. The van der Waals surface area contributed by atoms with Crippen molar-refractivity contribution in [2.24, 2.45) is 0 Å². The molecule has 1 fully saturated rings. The van der Waals surface area contributed by atoms with Crippen molar-refractivity contribution < 1.29 is 4.39 Å². The third-order valence-electron chi connectivity index (χ3n) is 2.99. The highest BCUT2D eigenvalue weighted by Gasteiger charge is 2.23. The van der Waals surface area contributed by atoms with Gasteiger partial charge in [0, 0.05) is 24.3 Å². The van der Waals surface area contributed by atoms with E-state index in [1.54, 1.807) is 0 Å². The van der Waals surface area contributed by atoms with Gasteiger partial charge in [0.15, 0.2) is 0 Å². The zero-order valence-electron chi connectivity index (χ0n) is 9.96. The van der Waals surface area contributed by atoms with Gasteiger partial charge < -0.3 is 10.2 Å². The first-order chi connectivity index (χ1) is 7.57. The molecule has 2 nitrogen and oxygen atoms in total. The van der Waals surface area contributed by atoms with Crippen molar-refractivity contribution in [3.05, 3.63) is 30.1 Å². The van der Waals surface area contributed by atoms with Crippen LogP contribution in [-0.4, -0.2) is 25.2 Å². The van der Waals surface area contributed by atoms with Crippen molar-refractivity contribution in [2.45, 2.75) is 25.8 Å². The van der Waals surface area contributed by atoms with Gasteiger partial charge in [-0.3, -0.25) is 0 Å². The molecular weight excluding hydrogens is 203 g/mol. The van der Waals surface area contributed by atoms with E-state index in [-0.39, 0.29) is 11.4 Å². The van der Waals surface area contributed by atoms with Crippen molar-refractivity contribution in [2.75, 3.05) is 24.5 Å². The first kappa shape index (κ1) is 11.4. The molecule has 1 heterocycles. The SMILES string of the molecule is CC1(C)CN(c2ccc(F)cc2)CCCN1. The Hall–Kier alpha value is -1.09. The van der Waals surface area contributed by atoms with Crippen molar-refractivity contribution in [1.82, 2.24) is 5.32 Å². The molecule has 1 aliphatic heterocycles. The molecule has 1 N–H and O–H groups in total. The van der Waals surface area contributed by atoms with Gasteiger partial charge in [0.1, 0.15) is 5.82 Å². The van der Waals surface area contributed by atoms with Gasteiger partial charge in [-0.25, -0.2) is 4.39 Å². The number of hydrogen-bond acceptors (Lipinski definition) is 2. The van der Waals surface area contributed by atoms with E-state index in [2.05, 4.69) is 24.1 Å². The average molecular weight is 222 g/mol. The van der Waals surface area contributed by atoms with Gasteiger partial charge in [0.25, 0.3) is 0 Å². The monoisotopic (exact) mass is 222 g/mol. The first-order valence-electron chi connectivity index (χ1n) is 5.82. The zero-order chi connectivity index (χ0) is 11.6. The minimum absolute atomic E-state index is 0.116. The Morgan fingerprint density at radius 2 is 1.94 bits per heavy atom. The van der Waals surface area contributed by atoms with Gasteiger partial charge in [0.05, 0.1) is 0 Å². The largest absolute Gasteiger partial charge is 0.370 e. The number of nitrogens with one attached hydrogen (secondary N) is 1. The number of nitrogens with zero attached hydrogens (tertiary/aromatic N) is 1. The molecule has 0 saturated carbocycles. The molecule has 1 aliphatic rings. The molecule has 0 unspecified atom stereocenters. The molecular formula is C13H19FN2. The molecule has 0 radical (unpaired) electrons. The maximum absolute atomic E-state index is 12.9. The second-order valence-electron chi connectivity index (χ2n) is 5.06. The molecule has 1 aromatic carbocycles. The van der Waals surface area contributed by atoms with Crippen LogP contribution in [0.4, 0.5) is 10.1 Å². The lowest BCUT2D eigenvalue weighted by molar-refractivity contribution is 0.416. The lowest BCUT2D eigenvalue weighted by Gasteiger charge is -2.31. The Bertz CT molecular complexity index is 345. The van der Waals surface area contributed by atoms with Crippen molar-refractivity contribution >= 4 is 5.69 Å². The molecule has 0 amide bonds. The van der Waals surface area contributed by atoms with Crippen LogP contribution in [0.25, 0.3) is 0 Å². The number of anilines is 1. The highest BCUT2D eigenvalue weighted by atomic mass is 19.1. The first-order valence-corrected chi connectivity index (χ1v) is 5.82. The summed E-state index contributed by atoms with van der Waals surface area (Å²) in [6, 6.07) is 6.77. The van der Waals surface area contributed by atoms with E-state index in [4.69, 9.17) is 0 Å². The summed E-state index contributed by atoms with van der Waals surface area (Å²) >= 11 is 0. The van der Waals surface area contributed by atoms with E-state index in [1.807, 2.05) is 12.1 Å². The van der Waals surface area contributed by atoms with E-state index in [1.165, 1.54) is 12.1 Å². The van der Waals surface area contributed by atoms with E-state index in [9.17, 15) is 4.39 Å². The second kappa shape index (κ2) is 4.42. The molecule has 0 bridgehead atoms. The third-order valence-corrected chi connectivity index (χ3v) is 2.99. The Morgan fingerprint density at radius 1 is 1.25 bits per heavy atom. The summed E-state index contributed by atoms with van der Waals surface area (Å²) in [7, 11) is 0. The van der Waals surface area contributed by atoms with Crippen LogP contribution in [0.5, 0.6) is 0 Å². The fourth-order valence-electron chi connectivity index (χ4n) is 2.18. The second-order valence-corrected chi connectivity index (χ2v) is 5.06. The van der Waals surface area contributed by atoms with Crippen LogP contribution in [0.15, 0.2) is 24.3 Å². The van der Waals surface area contributed by atoms with Crippen LogP contribution in [0.1, 0.15) is 20.3 Å². The Morgan fingerprint density at radius 3 is 2.62 bits per heavy atom. The molecule has 0 aromatic heterocycles. The molecule has 1 aromatic rings. The third kappa shape index (κ3) is 2.73. The Kier molecular flexibility index (Phi) is 3.15. The predicted octanol–water partition coefficient (Wildman–Crippen LogP) is 2.40. The van der Waals surface area contributed by atoms with E-state index in [0.717, 1.165) is 31.7 Å². The van der Waals surface area contributed by atoms with Crippen molar-refractivity contribution in [1.29, 1.82) is 0 Å². The van der Waals surface area contributed by atoms with Crippen LogP contribution in [0, 0.1) is 5.82 Å². The molecule has 3 heteroatoms. The standard InChI is InChI=1S/C13H19FN2/c1-13(2)10-16(9-3-8-15-13)12-6-4-11(14)5-7-12/h4-7,15H,3,8-10H2,1-2H3. The lowest BCUT2D eigenvalue weighted by Crippen LogP contribution is -2.46. The topological polar surface area (TPSA) is 15.3 Å². The number of benzene rings is 1. The van der Waals surface area contributed by atoms with Gasteiger partial charge in [0.2, 0.25) is 0 Å². The summed E-state index contributed by atoms with van der Waals surface area (Å²) in [4.78, 5) is 2.32. The van der Waals surface area contributed by atoms with Gasteiger partial charge in [-0.15, -0.1) is 0 Å². The fraction of sp³-hybridized carbons (Fsp3) is 0.538. The summed E-state index contributed by atoms with van der Waals surface area (Å²) in [6.07, 6.45) is 1.13. The summed E-state index contributed by atoms with van der Waals surface area (Å²) in [5, 5.41) is 3.52. The van der Waals surface area contributed by atoms with Crippen molar-refractivity contribution in [3.8, 4) is 0 Å². The number of rotatable bonds is 1. The number of hydrogen-bond donors (Lipinski definition) is 1. The summed E-state index contributed by atoms with van der Waals surface area (Å²) < 4.78 is 12.9. The van der Waals surface area contributed by atoms with Gasteiger partial charge in [-0.05, 0) is 51.1 Å². The highest BCUT2D eigenvalue weighted by Crippen LogP contribution is 2.19. The molecule has 16 heavy (non-hydrogen) atoms. The Balaban J connectivity index is 2.16. The normalized spacial score (nSPS) is 20.6. The van der Waals surface area contributed by atoms with Gasteiger partial charge in [-0.2, -0.15) is 0 Å². The fourth-order valence-corrected chi connectivity index (χ4v) is 2.18. The Labute approximate surface area is 96.5 Å². The highest BCUT2D eigenvalue weighted by molar-refractivity contribution is 5.46. The van der Waals surface area contributed by atoms with E-state index in [0.29, 0.717) is 0 Å². The van der Waals surface area contributed by atoms with E-state index >= 15 is 0 Å². The van der Waals surface area contributed by atoms with Crippen LogP contribution in [0.3, 0.4) is 0 Å². The molecule has 0 aliphatic carbocycles. The minimum Gasteiger partial charge on any atom is -0.370 e. The van der Waals surface area contributed by atoms with Crippen LogP contribution in [-0.2, 0) is 0 Å². The smallest absolute Gasteiger partial charge is 0.123 e. The van der Waals surface area contributed by atoms with Crippen LogP contribution in [0.2, 0.25) is 0 Å². The van der Waals surface area contributed by atoms with Gasteiger partial charge >= 0.3 is 0 Å². The zero-order valence-corrected chi connectivity index (χ0v) is 9.96. The van der Waals surface area contributed by atoms with Crippen molar-refractivity contribution in [3.63, 3.8) is 0 Å². The minimum atomic E-state index is -0.170. The maximum atomic E-state index is 12.9. The molecule has 2 rings (SSSR count). The molecule has 88 valence electrons. The summed E-state index contributed by atoms with van der Waals surface area (Å²) in [5.41, 5.74) is 1.23.